The Kier molecular flexibility index (Phi) is 4.31. The quantitative estimate of drug-likeness (QED) is 0.517. The lowest BCUT2D eigenvalue weighted by Gasteiger charge is -2.03. The van der Waals surface area contributed by atoms with Crippen molar-refractivity contribution in [3.63, 3.8) is 0 Å². The lowest BCUT2D eigenvalue weighted by Crippen LogP contribution is -1.99. The second kappa shape index (κ2) is 6.16. The average Bonchev–Trinajstić information content (AvgIpc) is 2.45. The first-order chi connectivity index (χ1) is 9.56. The molecular formula is C13H10N2O4S. The van der Waals surface area contributed by atoms with E-state index >= 15 is 0 Å². The van der Waals surface area contributed by atoms with Gasteiger partial charge in [0.25, 0.3) is 5.69 Å². The highest BCUT2D eigenvalue weighted by Crippen LogP contribution is 2.24. The molecule has 2 rings (SSSR count). The summed E-state index contributed by atoms with van der Waals surface area (Å²) in [5.41, 5.74) is 0.830. The molecule has 0 aliphatic rings. The molecule has 20 heavy (non-hydrogen) atoms. The topological polar surface area (TPSA) is 93.3 Å². The molecule has 102 valence electrons. The zero-order valence-electron chi connectivity index (χ0n) is 10.2. The Hall–Kier alpha value is -2.41. The molecule has 7 heteroatoms. The van der Waals surface area contributed by atoms with Crippen LogP contribution in [0, 0.1) is 10.1 Å². The number of rotatable bonds is 5. The van der Waals surface area contributed by atoms with Crippen LogP contribution in [0.15, 0.2) is 47.5 Å². The maximum atomic E-state index is 10.8. The van der Waals surface area contributed by atoms with Crippen LogP contribution in [0.25, 0.3) is 0 Å². The maximum absolute atomic E-state index is 10.8. The monoisotopic (exact) mass is 290 g/mol. The number of non-ortho nitro benzene ring substituents is 1. The van der Waals surface area contributed by atoms with Crippen LogP contribution >= 0.6 is 11.8 Å². The lowest BCUT2D eigenvalue weighted by atomic mass is 10.2. The summed E-state index contributed by atoms with van der Waals surface area (Å²) < 4.78 is 0. The van der Waals surface area contributed by atoms with Gasteiger partial charge in [-0.05, 0) is 17.7 Å². The number of carbonyl (C=O) groups is 1. The molecule has 0 aliphatic heterocycles. The van der Waals surface area contributed by atoms with Crippen molar-refractivity contribution >= 4 is 23.4 Å². The number of hydrogen-bond donors (Lipinski definition) is 1. The van der Waals surface area contributed by atoms with Gasteiger partial charge in [-0.25, -0.2) is 9.78 Å². The van der Waals surface area contributed by atoms with Crippen LogP contribution in [-0.4, -0.2) is 21.0 Å². The smallest absolute Gasteiger partial charge is 0.354 e. The number of nitro benzene ring substituents is 1. The SMILES string of the molecule is O=C(O)c1cc(SCc2cccc([N+](=O)[O-])c2)ccn1. The zero-order valence-corrected chi connectivity index (χ0v) is 11.0. The van der Waals surface area contributed by atoms with Gasteiger partial charge in [0.15, 0.2) is 0 Å². The van der Waals surface area contributed by atoms with Crippen LogP contribution < -0.4 is 0 Å². The summed E-state index contributed by atoms with van der Waals surface area (Å²) in [5.74, 6) is -0.562. The van der Waals surface area contributed by atoms with Crippen molar-refractivity contribution in [3.8, 4) is 0 Å². The Bertz CT molecular complexity index is 603. The molecule has 1 heterocycles. The second-order valence-electron chi connectivity index (χ2n) is 3.90. The van der Waals surface area contributed by atoms with E-state index in [2.05, 4.69) is 4.98 Å². The normalized spacial score (nSPS) is 10.2. The molecule has 1 aromatic carbocycles. The maximum Gasteiger partial charge on any atom is 0.354 e. The first kappa shape index (κ1) is 14.0. The number of carboxylic acid groups (broad SMARTS) is 1. The van der Waals surface area contributed by atoms with E-state index in [1.165, 1.54) is 36.2 Å². The Morgan fingerprint density at radius 2 is 2.15 bits per heavy atom. The highest BCUT2D eigenvalue weighted by atomic mass is 32.2. The molecule has 0 radical (unpaired) electrons. The molecule has 0 saturated carbocycles. The minimum absolute atomic E-state index is 0.0194. The molecule has 2 aromatic rings. The molecule has 1 aromatic heterocycles. The minimum atomic E-state index is -1.08. The van der Waals surface area contributed by atoms with E-state index in [1.54, 1.807) is 18.2 Å². The van der Waals surface area contributed by atoms with Crippen LogP contribution in [0.5, 0.6) is 0 Å². The van der Waals surface area contributed by atoms with Crippen LogP contribution in [0.3, 0.4) is 0 Å². The van der Waals surface area contributed by atoms with Gasteiger partial charge in [-0.2, -0.15) is 0 Å². The molecule has 0 saturated heterocycles. The van der Waals surface area contributed by atoms with Crippen LogP contribution in [0.4, 0.5) is 5.69 Å². The van der Waals surface area contributed by atoms with Crippen molar-refractivity contribution in [1.29, 1.82) is 0 Å². The predicted molar refractivity (Wildman–Crippen MR) is 73.9 cm³/mol. The fraction of sp³-hybridized carbons (Fsp3) is 0.0769. The van der Waals surface area contributed by atoms with Gasteiger partial charge >= 0.3 is 5.97 Å². The van der Waals surface area contributed by atoms with Gasteiger partial charge in [-0.1, -0.05) is 12.1 Å². The molecule has 0 atom stereocenters. The number of hydrogen-bond acceptors (Lipinski definition) is 5. The third-order valence-electron chi connectivity index (χ3n) is 2.48. The highest BCUT2D eigenvalue weighted by Gasteiger charge is 2.08. The molecule has 0 aliphatic carbocycles. The Balaban J connectivity index is 2.08. The highest BCUT2D eigenvalue weighted by molar-refractivity contribution is 7.98. The molecule has 0 bridgehead atoms. The van der Waals surface area contributed by atoms with E-state index in [-0.39, 0.29) is 11.4 Å². The van der Waals surface area contributed by atoms with Crippen molar-refractivity contribution in [2.24, 2.45) is 0 Å². The first-order valence-corrected chi connectivity index (χ1v) is 6.60. The summed E-state index contributed by atoms with van der Waals surface area (Å²) in [7, 11) is 0. The predicted octanol–water partition coefficient (Wildman–Crippen LogP) is 2.98. The fourth-order valence-corrected chi connectivity index (χ4v) is 2.41. The first-order valence-electron chi connectivity index (χ1n) is 5.62. The summed E-state index contributed by atoms with van der Waals surface area (Å²) in [6.07, 6.45) is 1.43. The molecule has 6 nitrogen and oxygen atoms in total. The molecule has 0 unspecified atom stereocenters. The minimum Gasteiger partial charge on any atom is -0.477 e. The van der Waals surface area contributed by atoms with Crippen molar-refractivity contribution in [3.05, 3.63) is 64.0 Å². The summed E-state index contributed by atoms with van der Waals surface area (Å²) in [5, 5.41) is 19.5. The molecule has 0 fully saturated rings. The van der Waals surface area contributed by atoms with Crippen molar-refractivity contribution in [2.75, 3.05) is 0 Å². The molecule has 1 N–H and O–H groups in total. The van der Waals surface area contributed by atoms with Gasteiger partial charge in [0.2, 0.25) is 0 Å². The Morgan fingerprint density at radius 3 is 2.85 bits per heavy atom. The van der Waals surface area contributed by atoms with E-state index in [0.29, 0.717) is 5.75 Å². The number of benzene rings is 1. The zero-order chi connectivity index (χ0) is 14.5. The van der Waals surface area contributed by atoms with Crippen LogP contribution in [-0.2, 0) is 5.75 Å². The van der Waals surface area contributed by atoms with Crippen molar-refractivity contribution in [1.82, 2.24) is 4.98 Å². The van der Waals surface area contributed by atoms with E-state index in [1.807, 2.05) is 0 Å². The van der Waals surface area contributed by atoms with Gasteiger partial charge in [-0.15, -0.1) is 11.8 Å². The van der Waals surface area contributed by atoms with Gasteiger partial charge in [0, 0.05) is 29.0 Å². The number of aromatic nitrogens is 1. The number of nitro groups is 1. The second-order valence-corrected chi connectivity index (χ2v) is 4.95. The molecule has 0 amide bonds. The van der Waals surface area contributed by atoms with Crippen LogP contribution in [0.2, 0.25) is 0 Å². The third kappa shape index (κ3) is 3.55. The van der Waals surface area contributed by atoms with E-state index in [4.69, 9.17) is 5.11 Å². The largest absolute Gasteiger partial charge is 0.477 e. The molecular weight excluding hydrogens is 280 g/mol. The average molecular weight is 290 g/mol. The number of pyridine rings is 1. The van der Waals surface area contributed by atoms with E-state index in [9.17, 15) is 14.9 Å². The number of nitrogens with zero attached hydrogens (tertiary/aromatic N) is 2. The summed E-state index contributed by atoms with van der Waals surface area (Å²) in [6, 6.07) is 9.54. The van der Waals surface area contributed by atoms with E-state index in [0.717, 1.165) is 10.5 Å². The summed E-state index contributed by atoms with van der Waals surface area (Å²) in [4.78, 5) is 25.5. The number of aromatic carboxylic acids is 1. The van der Waals surface area contributed by atoms with Crippen molar-refractivity contribution in [2.45, 2.75) is 10.6 Å². The van der Waals surface area contributed by atoms with Crippen LogP contribution in [0.1, 0.15) is 16.1 Å². The fourth-order valence-electron chi connectivity index (χ4n) is 1.54. The van der Waals surface area contributed by atoms with Crippen molar-refractivity contribution < 1.29 is 14.8 Å². The van der Waals surface area contributed by atoms with Gasteiger partial charge in [0.1, 0.15) is 5.69 Å². The lowest BCUT2D eigenvalue weighted by molar-refractivity contribution is -0.384. The third-order valence-corrected chi connectivity index (χ3v) is 3.54. The summed E-state index contributed by atoms with van der Waals surface area (Å²) in [6.45, 7) is 0. The Morgan fingerprint density at radius 1 is 1.35 bits per heavy atom. The van der Waals surface area contributed by atoms with Gasteiger partial charge in [0.05, 0.1) is 4.92 Å². The molecule has 0 spiro atoms. The van der Waals surface area contributed by atoms with Gasteiger partial charge < -0.3 is 5.11 Å². The van der Waals surface area contributed by atoms with E-state index < -0.39 is 10.9 Å². The van der Waals surface area contributed by atoms with Gasteiger partial charge in [-0.3, -0.25) is 10.1 Å². The standard InChI is InChI=1S/C13H10N2O4S/c16-13(17)12-7-11(4-5-14-12)20-8-9-2-1-3-10(6-9)15(18)19/h1-7H,8H2,(H,16,17). The Labute approximate surface area is 118 Å². The number of carboxylic acids is 1. The summed E-state index contributed by atoms with van der Waals surface area (Å²) >= 11 is 1.40. The number of thioether (sulfide) groups is 1.